The highest BCUT2D eigenvalue weighted by Gasteiger charge is 2.12. The van der Waals surface area contributed by atoms with Gasteiger partial charge in [-0.2, -0.15) is 0 Å². The molecule has 2 aromatic carbocycles. The number of primary sulfonamides is 1. The van der Waals surface area contributed by atoms with Crippen molar-refractivity contribution in [2.75, 3.05) is 0 Å². The molecule has 0 saturated carbocycles. The first-order chi connectivity index (χ1) is 9.71. The third-order valence-corrected chi connectivity index (χ3v) is 3.85. The van der Waals surface area contributed by atoms with E-state index in [9.17, 15) is 13.2 Å². The van der Waals surface area contributed by atoms with Crippen molar-refractivity contribution < 1.29 is 18.3 Å². The van der Waals surface area contributed by atoms with Gasteiger partial charge in [0.05, 0.1) is 10.6 Å². The van der Waals surface area contributed by atoms with Crippen LogP contribution < -0.4 is 5.14 Å². The SMILES string of the molecule is NS(=O)(=O)c1ccc(Cl)cc1Cl.O=C(O)c1ccccc1. The van der Waals surface area contributed by atoms with E-state index >= 15 is 0 Å². The molecule has 0 saturated heterocycles. The molecule has 2 rings (SSSR count). The number of rotatable bonds is 2. The number of sulfonamides is 1. The van der Waals surface area contributed by atoms with Gasteiger partial charge in [-0.25, -0.2) is 18.4 Å². The summed E-state index contributed by atoms with van der Waals surface area (Å²) in [6.45, 7) is 0. The van der Waals surface area contributed by atoms with E-state index in [2.05, 4.69) is 0 Å². The average molecular weight is 348 g/mol. The molecule has 0 atom stereocenters. The van der Waals surface area contributed by atoms with Crippen LogP contribution in [0.5, 0.6) is 0 Å². The van der Waals surface area contributed by atoms with Crippen LogP contribution in [0.15, 0.2) is 53.4 Å². The van der Waals surface area contributed by atoms with Gasteiger partial charge >= 0.3 is 5.97 Å². The van der Waals surface area contributed by atoms with Gasteiger partial charge in [0.25, 0.3) is 0 Å². The fourth-order valence-corrected chi connectivity index (χ4v) is 2.61. The second-order valence-corrected chi connectivity index (χ2v) is 6.16. The highest BCUT2D eigenvalue weighted by Crippen LogP contribution is 2.23. The van der Waals surface area contributed by atoms with Gasteiger partial charge in [-0.3, -0.25) is 0 Å². The highest BCUT2D eigenvalue weighted by molar-refractivity contribution is 7.89. The van der Waals surface area contributed by atoms with Crippen LogP contribution in [0, 0.1) is 0 Å². The van der Waals surface area contributed by atoms with Crippen molar-refractivity contribution in [2.24, 2.45) is 5.14 Å². The Labute approximate surface area is 132 Å². The van der Waals surface area contributed by atoms with Crippen LogP contribution in [0.4, 0.5) is 0 Å². The predicted octanol–water partition coefficient (Wildman–Crippen LogP) is 3.03. The van der Waals surface area contributed by atoms with E-state index in [0.29, 0.717) is 10.6 Å². The summed E-state index contributed by atoms with van der Waals surface area (Å²) in [5.41, 5.74) is 0.331. The molecule has 2 aromatic rings. The lowest BCUT2D eigenvalue weighted by atomic mass is 10.2. The van der Waals surface area contributed by atoms with Crippen LogP contribution in [0.2, 0.25) is 10.0 Å². The summed E-state index contributed by atoms with van der Waals surface area (Å²) in [5.74, 6) is -0.879. The zero-order valence-corrected chi connectivity index (χ0v) is 12.9. The minimum Gasteiger partial charge on any atom is -0.478 e. The summed E-state index contributed by atoms with van der Waals surface area (Å²) in [4.78, 5) is 10.1. The molecule has 0 unspecified atom stereocenters. The van der Waals surface area contributed by atoms with Gasteiger partial charge in [-0.15, -0.1) is 0 Å². The number of carbonyl (C=O) groups is 1. The quantitative estimate of drug-likeness (QED) is 0.872. The van der Waals surface area contributed by atoms with Gasteiger partial charge in [-0.05, 0) is 30.3 Å². The van der Waals surface area contributed by atoms with E-state index in [4.69, 9.17) is 33.4 Å². The number of aromatic carboxylic acids is 1. The van der Waals surface area contributed by atoms with Gasteiger partial charge in [0, 0.05) is 5.02 Å². The lowest BCUT2D eigenvalue weighted by molar-refractivity contribution is 0.0697. The number of benzene rings is 2. The van der Waals surface area contributed by atoms with Gasteiger partial charge in [0.1, 0.15) is 4.90 Å². The van der Waals surface area contributed by atoms with Gasteiger partial charge in [-0.1, -0.05) is 41.4 Å². The van der Waals surface area contributed by atoms with Gasteiger partial charge in [0.15, 0.2) is 0 Å². The second-order valence-electron chi connectivity index (χ2n) is 3.79. The smallest absolute Gasteiger partial charge is 0.335 e. The van der Waals surface area contributed by atoms with Crippen molar-refractivity contribution in [3.05, 3.63) is 64.1 Å². The Bertz CT molecular complexity index is 733. The van der Waals surface area contributed by atoms with E-state index in [-0.39, 0.29) is 9.92 Å². The summed E-state index contributed by atoms with van der Waals surface area (Å²) in [6.07, 6.45) is 0. The van der Waals surface area contributed by atoms with Crippen molar-refractivity contribution in [3.63, 3.8) is 0 Å². The zero-order valence-electron chi connectivity index (χ0n) is 10.5. The number of carboxylic acid groups (broad SMARTS) is 1. The number of carboxylic acids is 1. The lowest BCUT2D eigenvalue weighted by Crippen LogP contribution is -2.12. The molecule has 0 fully saturated rings. The molecule has 0 spiro atoms. The molecule has 5 nitrogen and oxygen atoms in total. The van der Waals surface area contributed by atoms with Crippen molar-refractivity contribution in [1.29, 1.82) is 0 Å². The van der Waals surface area contributed by atoms with E-state index in [1.807, 2.05) is 0 Å². The minimum absolute atomic E-state index is 0.0324. The van der Waals surface area contributed by atoms with E-state index < -0.39 is 16.0 Å². The van der Waals surface area contributed by atoms with Crippen molar-refractivity contribution in [3.8, 4) is 0 Å². The molecule has 0 radical (unpaired) electrons. The largest absolute Gasteiger partial charge is 0.478 e. The number of nitrogens with two attached hydrogens (primary N) is 1. The van der Waals surface area contributed by atoms with Crippen molar-refractivity contribution in [2.45, 2.75) is 4.90 Å². The fraction of sp³-hybridized carbons (Fsp3) is 0. The van der Waals surface area contributed by atoms with E-state index in [1.54, 1.807) is 30.3 Å². The maximum absolute atomic E-state index is 10.8. The van der Waals surface area contributed by atoms with Crippen LogP contribution in [0.25, 0.3) is 0 Å². The zero-order chi connectivity index (χ0) is 16.0. The summed E-state index contributed by atoms with van der Waals surface area (Å²) < 4.78 is 21.6. The van der Waals surface area contributed by atoms with Crippen LogP contribution in [-0.4, -0.2) is 19.5 Å². The van der Waals surface area contributed by atoms with Crippen LogP contribution in [0.1, 0.15) is 10.4 Å². The van der Waals surface area contributed by atoms with Crippen LogP contribution in [-0.2, 0) is 10.0 Å². The molecule has 0 aliphatic rings. The topological polar surface area (TPSA) is 97.5 Å². The Kier molecular flexibility index (Phi) is 6.17. The first-order valence-electron chi connectivity index (χ1n) is 5.48. The summed E-state index contributed by atoms with van der Waals surface area (Å²) in [7, 11) is -3.74. The average Bonchev–Trinajstić information content (AvgIpc) is 2.38. The first-order valence-corrected chi connectivity index (χ1v) is 7.78. The summed E-state index contributed by atoms with van der Waals surface area (Å²) >= 11 is 11.1. The molecule has 112 valence electrons. The number of hydrogen-bond donors (Lipinski definition) is 2. The Hall–Kier alpha value is -1.60. The third kappa shape index (κ3) is 5.73. The van der Waals surface area contributed by atoms with E-state index in [1.165, 1.54) is 18.2 Å². The monoisotopic (exact) mass is 347 g/mol. The molecule has 3 N–H and O–H groups in total. The van der Waals surface area contributed by atoms with Gasteiger partial charge in [0.2, 0.25) is 10.0 Å². The molecule has 8 heteroatoms. The summed E-state index contributed by atoms with van der Waals surface area (Å²) in [6, 6.07) is 12.3. The van der Waals surface area contributed by atoms with E-state index in [0.717, 1.165) is 0 Å². The van der Waals surface area contributed by atoms with Crippen molar-refractivity contribution >= 4 is 39.2 Å². The van der Waals surface area contributed by atoms with Crippen LogP contribution in [0.3, 0.4) is 0 Å². The lowest BCUT2D eigenvalue weighted by Gasteiger charge is -2.00. The molecule has 0 bridgehead atoms. The number of halogens is 2. The Balaban J connectivity index is 0.000000219. The Morgan fingerprint density at radius 3 is 2.00 bits per heavy atom. The predicted molar refractivity (Wildman–Crippen MR) is 81.2 cm³/mol. The summed E-state index contributed by atoms with van der Waals surface area (Å²) in [5, 5.41) is 13.6. The minimum atomic E-state index is -3.74. The Morgan fingerprint density at radius 2 is 1.62 bits per heavy atom. The maximum atomic E-state index is 10.8. The molecular weight excluding hydrogens is 337 g/mol. The molecule has 0 amide bonds. The number of hydrogen-bond acceptors (Lipinski definition) is 3. The van der Waals surface area contributed by atoms with Crippen molar-refractivity contribution in [1.82, 2.24) is 0 Å². The normalized spacial score (nSPS) is 10.4. The molecular formula is C13H11Cl2NO4S. The van der Waals surface area contributed by atoms with Gasteiger partial charge < -0.3 is 5.11 Å². The first kappa shape index (κ1) is 17.5. The molecule has 0 heterocycles. The standard InChI is InChI=1S/C7H6O2.C6H5Cl2NO2S/c8-7(9)6-4-2-1-3-5-6;7-4-1-2-6(5(8)3-4)12(9,10)11/h1-5H,(H,8,9);1-3H,(H2,9,10,11). The Morgan fingerprint density at radius 1 is 1.05 bits per heavy atom. The molecule has 21 heavy (non-hydrogen) atoms. The second kappa shape index (κ2) is 7.42. The maximum Gasteiger partial charge on any atom is 0.335 e. The van der Waals surface area contributed by atoms with Crippen LogP contribution >= 0.6 is 23.2 Å². The molecule has 0 aromatic heterocycles. The fourth-order valence-electron chi connectivity index (χ4n) is 1.29. The molecule has 0 aliphatic heterocycles. The third-order valence-electron chi connectivity index (χ3n) is 2.22. The highest BCUT2D eigenvalue weighted by atomic mass is 35.5. The molecule has 0 aliphatic carbocycles.